The van der Waals surface area contributed by atoms with Gasteiger partial charge in [-0.1, -0.05) is 24.7 Å². The maximum Gasteiger partial charge on any atom is 0.234 e. The molecule has 2 aromatic heterocycles. The molecule has 0 saturated carbocycles. The van der Waals surface area contributed by atoms with Gasteiger partial charge in [-0.3, -0.25) is 0 Å². The zero-order chi connectivity index (χ0) is 14.8. The molecule has 0 unspecified atom stereocenters. The molecule has 0 aliphatic carbocycles. The zero-order valence-corrected chi connectivity index (χ0v) is 13.4. The second-order valence-electron chi connectivity index (χ2n) is 5.26. The Morgan fingerprint density at radius 3 is 2.57 bits per heavy atom. The summed E-state index contributed by atoms with van der Waals surface area (Å²) in [5.41, 5.74) is 2.31. The molecular weight excluding hydrogens is 282 g/mol. The van der Waals surface area contributed by atoms with Crippen LogP contribution in [0.5, 0.6) is 0 Å². The highest BCUT2D eigenvalue weighted by molar-refractivity contribution is 7.19. The van der Waals surface area contributed by atoms with Crippen molar-refractivity contribution in [2.24, 2.45) is 0 Å². The number of rotatable bonds is 5. The lowest BCUT2D eigenvalue weighted by molar-refractivity contribution is 0.723. The number of nitrogens with zero attached hydrogens (tertiary/aromatic N) is 5. The summed E-state index contributed by atoms with van der Waals surface area (Å²) < 4.78 is 1.88. The Morgan fingerprint density at radius 1 is 1.14 bits per heavy atom. The van der Waals surface area contributed by atoms with Crippen LogP contribution >= 0.6 is 11.3 Å². The molecule has 0 aliphatic heterocycles. The molecule has 0 amide bonds. The summed E-state index contributed by atoms with van der Waals surface area (Å²) in [7, 11) is 4.08. The average molecular weight is 301 g/mol. The summed E-state index contributed by atoms with van der Waals surface area (Å²) in [6.07, 6.45) is 3.20. The third-order valence-electron chi connectivity index (χ3n) is 3.44. The summed E-state index contributed by atoms with van der Waals surface area (Å²) >= 11 is 1.58. The number of aryl methyl sites for hydroxylation is 1. The van der Waals surface area contributed by atoms with E-state index in [2.05, 4.69) is 51.4 Å². The van der Waals surface area contributed by atoms with Crippen LogP contribution in [0.3, 0.4) is 0 Å². The topological polar surface area (TPSA) is 46.3 Å². The molecule has 21 heavy (non-hydrogen) atoms. The van der Waals surface area contributed by atoms with E-state index in [0.717, 1.165) is 40.6 Å². The maximum absolute atomic E-state index is 4.67. The van der Waals surface area contributed by atoms with Crippen LogP contribution in [0.4, 0.5) is 5.69 Å². The molecule has 0 aliphatic rings. The van der Waals surface area contributed by atoms with Gasteiger partial charge in [0.2, 0.25) is 4.96 Å². The van der Waals surface area contributed by atoms with Crippen molar-refractivity contribution in [3.8, 4) is 10.6 Å². The van der Waals surface area contributed by atoms with E-state index in [0.29, 0.717) is 0 Å². The largest absolute Gasteiger partial charge is 0.378 e. The lowest BCUT2D eigenvalue weighted by Crippen LogP contribution is -2.07. The van der Waals surface area contributed by atoms with E-state index in [1.165, 1.54) is 5.69 Å². The predicted octanol–water partition coefficient (Wildman–Crippen LogP) is 3.26. The van der Waals surface area contributed by atoms with Gasteiger partial charge >= 0.3 is 0 Å². The highest BCUT2D eigenvalue weighted by Crippen LogP contribution is 2.27. The van der Waals surface area contributed by atoms with E-state index < -0.39 is 0 Å². The third kappa shape index (κ3) is 2.76. The molecule has 0 fully saturated rings. The highest BCUT2D eigenvalue weighted by Gasteiger charge is 2.12. The van der Waals surface area contributed by atoms with Crippen LogP contribution in [0, 0.1) is 0 Å². The Balaban J connectivity index is 1.91. The molecule has 2 heterocycles. The molecule has 0 bridgehead atoms. The van der Waals surface area contributed by atoms with Crippen LogP contribution < -0.4 is 4.90 Å². The van der Waals surface area contributed by atoms with Crippen molar-refractivity contribution >= 4 is 22.0 Å². The quantitative estimate of drug-likeness (QED) is 0.725. The van der Waals surface area contributed by atoms with Gasteiger partial charge in [0.1, 0.15) is 5.01 Å². The predicted molar refractivity (Wildman–Crippen MR) is 87.0 cm³/mol. The minimum absolute atomic E-state index is 0.868. The SMILES string of the molecule is CCCCc1nnc2sc(-c3ccc(N(C)C)cc3)nn12. The molecule has 1 aromatic carbocycles. The van der Waals surface area contributed by atoms with Crippen molar-refractivity contribution in [3.05, 3.63) is 30.1 Å². The van der Waals surface area contributed by atoms with E-state index in [-0.39, 0.29) is 0 Å². The van der Waals surface area contributed by atoms with Gasteiger partial charge in [-0.25, -0.2) is 0 Å². The van der Waals surface area contributed by atoms with Crippen molar-refractivity contribution in [3.63, 3.8) is 0 Å². The molecule has 0 N–H and O–H groups in total. The maximum atomic E-state index is 4.67. The molecule has 3 aromatic rings. The number of hydrogen-bond acceptors (Lipinski definition) is 5. The third-order valence-corrected chi connectivity index (χ3v) is 4.39. The average Bonchev–Trinajstić information content (AvgIpc) is 3.06. The van der Waals surface area contributed by atoms with E-state index in [1.54, 1.807) is 11.3 Å². The lowest BCUT2D eigenvalue weighted by Gasteiger charge is -2.11. The first-order valence-electron chi connectivity index (χ1n) is 7.18. The first kappa shape index (κ1) is 14.0. The molecule has 0 atom stereocenters. The van der Waals surface area contributed by atoms with Crippen LogP contribution in [0.15, 0.2) is 24.3 Å². The monoisotopic (exact) mass is 301 g/mol. The summed E-state index contributed by atoms with van der Waals surface area (Å²) in [5.74, 6) is 0.958. The molecule has 0 saturated heterocycles. The molecule has 3 rings (SSSR count). The Hall–Kier alpha value is -1.95. The van der Waals surface area contributed by atoms with Gasteiger partial charge in [0.15, 0.2) is 5.82 Å². The first-order chi connectivity index (χ1) is 10.2. The Labute approximate surface area is 128 Å². The van der Waals surface area contributed by atoms with Gasteiger partial charge in [0.05, 0.1) is 0 Å². The van der Waals surface area contributed by atoms with Crippen LogP contribution in [0.1, 0.15) is 25.6 Å². The lowest BCUT2D eigenvalue weighted by atomic mass is 10.2. The van der Waals surface area contributed by atoms with Gasteiger partial charge in [-0.2, -0.15) is 9.61 Å². The van der Waals surface area contributed by atoms with Gasteiger partial charge < -0.3 is 4.90 Å². The Morgan fingerprint density at radius 2 is 1.90 bits per heavy atom. The second kappa shape index (κ2) is 5.81. The summed E-state index contributed by atoms with van der Waals surface area (Å²) in [4.78, 5) is 2.96. The smallest absolute Gasteiger partial charge is 0.234 e. The minimum atomic E-state index is 0.868. The fraction of sp³-hybridized carbons (Fsp3) is 0.400. The first-order valence-corrected chi connectivity index (χ1v) is 7.99. The number of benzene rings is 1. The number of unbranched alkanes of at least 4 members (excludes halogenated alkanes) is 1. The number of anilines is 1. The van der Waals surface area contributed by atoms with Gasteiger partial charge in [0, 0.05) is 31.8 Å². The van der Waals surface area contributed by atoms with E-state index in [1.807, 2.05) is 18.6 Å². The summed E-state index contributed by atoms with van der Waals surface area (Å²) in [6, 6.07) is 8.42. The van der Waals surface area contributed by atoms with Gasteiger partial charge in [0.25, 0.3) is 0 Å². The van der Waals surface area contributed by atoms with Gasteiger partial charge in [-0.05, 0) is 30.7 Å². The van der Waals surface area contributed by atoms with Crippen LogP contribution in [0.2, 0.25) is 0 Å². The van der Waals surface area contributed by atoms with Crippen molar-refractivity contribution in [1.29, 1.82) is 0 Å². The second-order valence-corrected chi connectivity index (χ2v) is 6.22. The molecule has 6 heteroatoms. The minimum Gasteiger partial charge on any atom is -0.378 e. The van der Waals surface area contributed by atoms with E-state index >= 15 is 0 Å². The molecule has 0 radical (unpaired) electrons. The number of aromatic nitrogens is 4. The van der Waals surface area contributed by atoms with Gasteiger partial charge in [-0.15, -0.1) is 10.2 Å². The molecular formula is C15H19N5S. The highest BCUT2D eigenvalue weighted by atomic mass is 32.1. The van der Waals surface area contributed by atoms with Crippen LogP contribution in [-0.4, -0.2) is 33.9 Å². The zero-order valence-electron chi connectivity index (χ0n) is 12.6. The normalized spacial score (nSPS) is 11.2. The fourth-order valence-corrected chi connectivity index (χ4v) is 3.03. The molecule has 5 nitrogen and oxygen atoms in total. The summed E-state index contributed by atoms with van der Waals surface area (Å²) in [6.45, 7) is 2.18. The Kier molecular flexibility index (Phi) is 3.88. The van der Waals surface area contributed by atoms with Crippen molar-refractivity contribution < 1.29 is 0 Å². The van der Waals surface area contributed by atoms with Crippen LogP contribution in [-0.2, 0) is 6.42 Å². The van der Waals surface area contributed by atoms with E-state index in [4.69, 9.17) is 0 Å². The van der Waals surface area contributed by atoms with Crippen molar-refractivity contribution in [1.82, 2.24) is 19.8 Å². The fourth-order valence-electron chi connectivity index (χ4n) is 2.17. The number of fused-ring (bicyclic) bond motifs is 1. The molecule has 110 valence electrons. The molecule has 0 spiro atoms. The van der Waals surface area contributed by atoms with Crippen LogP contribution in [0.25, 0.3) is 15.5 Å². The Bertz CT molecular complexity index is 726. The van der Waals surface area contributed by atoms with Crippen molar-refractivity contribution in [2.75, 3.05) is 19.0 Å². The van der Waals surface area contributed by atoms with E-state index in [9.17, 15) is 0 Å². The summed E-state index contributed by atoms with van der Waals surface area (Å²) in [5, 5.41) is 14.1. The number of hydrogen-bond donors (Lipinski definition) is 0. The standard InChI is InChI=1S/C15H19N5S/c1-4-5-6-13-16-17-15-20(13)18-14(21-15)11-7-9-12(10-8-11)19(2)3/h7-10H,4-6H2,1-3H3. The van der Waals surface area contributed by atoms with Crippen molar-refractivity contribution in [2.45, 2.75) is 26.2 Å².